The molecule has 0 fully saturated rings. The van der Waals surface area contributed by atoms with Crippen molar-refractivity contribution in [2.45, 2.75) is 26.4 Å². The molecule has 0 radical (unpaired) electrons. The maximum absolute atomic E-state index is 12.2. The fourth-order valence-corrected chi connectivity index (χ4v) is 3.46. The summed E-state index contributed by atoms with van der Waals surface area (Å²) < 4.78 is 17.3. The number of nitrogen functional groups attached to an aromatic ring is 1. The number of esters is 2. The van der Waals surface area contributed by atoms with Crippen molar-refractivity contribution in [1.29, 1.82) is 0 Å². The van der Waals surface area contributed by atoms with Gasteiger partial charge in [0.1, 0.15) is 18.7 Å². The van der Waals surface area contributed by atoms with Gasteiger partial charge in [-0.05, 0) is 93.6 Å². The smallest absolute Gasteiger partial charge is 0.415 e. The van der Waals surface area contributed by atoms with E-state index in [1.165, 1.54) is 19.1 Å². The van der Waals surface area contributed by atoms with E-state index in [4.69, 9.17) is 10.5 Å². The lowest BCUT2D eigenvalue weighted by atomic mass is 10.2. The van der Waals surface area contributed by atoms with Crippen molar-refractivity contribution < 1.29 is 28.6 Å². The summed E-state index contributed by atoms with van der Waals surface area (Å²) in [6.07, 6.45) is -0.592. The average Bonchev–Trinajstić information content (AvgIpc) is 2.93. The van der Waals surface area contributed by atoms with Gasteiger partial charge < -0.3 is 25.3 Å². The van der Waals surface area contributed by atoms with Crippen molar-refractivity contribution in [3.05, 3.63) is 86.2 Å². The number of anilines is 3. The number of rotatable bonds is 6. The molecule has 3 N–H and O–H groups in total. The Morgan fingerprint density at radius 1 is 0.756 bits per heavy atom. The van der Waals surface area contributed by atoms with E-state index < -0.39 is 17.7 Å². The van der Waals surface area contributed by atoms with Crippen LogP contribution in [0.2, 0.25) is 0 Å². The summed E-state index contributed by atoms with van der Waals surface area (Å²) in [6, 6.07) is 22.1. The fraction of sp³-hybridized carbons (Fsp3) is 0.276. The van der Waals surface area contributed by atoms with E-state index >= 15 is 0 Å². The normalized spacial score (nSPS) is 10.0. The van der Waals surface area contributed by atoms with Crippen LogP contribution in [0.3, 0.4) is 0 Å². The van der Waals surface area contributed by atoms with Gasteiger partial charge >= 0.3 is 18.0 Å². The Morgan fingerprint density at radius 2 is 1.20 bits per heavy atom. The van der Waals surface area contributed by atoms with Crippen molar-refractivity contribution in [2.75, 3.05) is 43.3 Å². The number of hydrogen-bond acceptors (Lipinski definition) is 8. The maximum atomic E-state index is 12.2. The minimum Gasteiger partial charge on any atom is -0.468 e. The van der Waals surface area contributed by atoms with Gasteiger partial charge in [0.05, 0.1) is 14.2 Å². The van der Waals surface area contributed by atoms with E-state index in [0.29, 0.717) is 5.69 Å². The van der Waals surface area contributed by atoms with E-state index in [9.17, 15) is 14.4 Å². The zero-order chi connectivity index (χ0) is 31.0. The number of nitrogens with zero attached hydrogens (tertiary/aromatic N) is 1. The van der Waals surface area contributed by atoms with Crippen molar-refractivity contribution in [2.24, 2.45) is 0 Å². The first kappa shape index (κ1) is 35.9. The van der Waals surface area contributed by atoms with Gasteiger partial charge in [0.2, 0.25) is 0 Å². The van der Waals surface area contributed by atoms with Gasteiger partial charge in [0.25, 0.3) is 0 Å². The van der Waals surface area contributed by atoms with Crippen LogP contribution in [-0.2, 0) is 23.8 Å². The first-order valence-corrected chi connectivity index (χ1v) is 14.5. The predicted octanol–water partition coefficient (Wildman–Crippen LogP) is 7.43. The molecule has 0 aliphatic heterocycles. The summed E-state index contributed by atoms with van der Waals surface area (Å²) in [7, 11) is 2.64. The molecule has 3 aromatic rings. The summed E-state index contributed by atoms with van der Waals surface area (Å²) in [5.74, 6) is -0.790. The standard InChI is InChI=1S/C14H18BrNO4.C9H10BrNO2.C6H6BrN/c1-14(2,3)20-13(18)16(9-12(17)19-4)11-7-5-10(15)6-8-11;1-13-9(12)6-11-8-4-2-7(10)3-5-8;7-5-1-3-6(8)4-2-5/h5-8H,9H2,1-4H3;2-5,11H,6H2,1H3;1-4H,8H2. The summed E-state index contributed by atoms with van der Waals surface area (Å²) in [6.45, 7) is 5.29. The molecular weight excluding hydrogens is 726 g/mol. The third kappa shape index (κ3) is 16.1. The molecule has 12 heteroatoms. The Kier molecular flexibility index (Phi) is 16.1. The zero-order valence-electron chi connectivity index (χ0n) is 23.5. The monoisotopic (exact) mass is 757 g/mol. The van der Waals surface area contributed by atoms with E-state index in [1.54, 1.807) is 45.0 Å². The van der Waals surface area contributed by atoms with Crippen LogP contribution >= 0.6 is 47.8 Å². The molecule has 0 unspecified atom stereocenters. The molecule has 9 nitrogen and oxygen atoms in total. The lowest BCUT2D eigenvalue weighted by molar-refractivity contribution is -0.139. The number of carbonyl (C=O) groups excluding carboxylic acids is 3. The van der Waals surface area contributed by atoms with Gasteiger partial charge in [0.15, 0.2) is 0 Å². The number of ether oxygens (including phenoxy) is 3. The highest BCUT2D eigenvalue weighted by atomic mass is 79.9. The lowest BCUT2D eigenvalue weighted by Gasteiger charge is -2.26. The molecule has 222 valence electrons. The topological polar surface area (TPSA) is 120 Å². The summed E-state index contributed by atoms with van der Waals surface area (Å²) in [4.78, 5) is 35.6. The number of nitrogens with two attached hydrogens (primary N) is 1. The number of carbonyl (C=O) groups is 3. The number of methoxy groups -OCH3 is 2. The van der Waals surface area contributed by atoms with Gasteiger partial charge in [-0.15, -0.1) is 0 Å². The maximum Gasteiger partial charge on any atom is 0.415 e. The molecule has 3 rings (SSSR count). The van der Waals surface area contributed by atoms with E-state index in [2.05, 4.69) is 62.6 Å². The van der Waals surface area contributed by atoms with Crippen molar-refractivity contribution >= 4 is 82.9 Å². The fourth-order valence-electron chi connectivity index (χ4n) is 2.67. The van der Waals surface area contributed by atoms with E-state index in [-0.39, 0.29) is 19.1 Å². The van der Waals surface area contributed by atoms with Crippen molar-refractivity contribution in [3.8, 4) is 0 Å². The van der Waals surface area contributed by atoms with Crippen LogP contribution in [0, 0.1) is 0 Å². The highest BCUT2D eigenvalue weighted by Crippen LogP contribution is 2.21. The molecule has 0 atom stereocenters. The quantitative estimate of drug-likeness (QED) is 0.151. The molecular formula is C29H34Br3N3O6. The molecule has 0 aliphatic carbocycles. The Balaban J connectivity index is 0.000000340. The number of amides is 1. The third-order valence-corrected chi connectivity index (χ3v) is 6.23. The molecule has 0 bridgehead atoms. The highest BCUT2D eigenvalue weighted by Gasteiger charge is 2.25. The zero-order valence-corrected chi connectivity index (χ0v) is 28.2. The molecule has 3 aromatic carbocycles. The highest BCUT2D eigenvalue weighted by molar-refractivity contribution is 9.11. The van der Waals surface area contributed by atoms with Gasteiger partial charge in [0, 0.05) is 30.5 Å². The van der Waals surface area contributed by atoms with Gasteiger partial charge in [-0.3, -0.25) is 14.5 Å². The van der Waals surface area contributed by atoms with Crippen LogP contribution in [-0.4, -0.2) is 50.9 Å². The summed E-state index contributed by atoms with van der Waals surface area (Å²) >= 11 is 9.93. The second-order valence-corrected chi connectivity index (χ2v) is 11.9. The molecule has 0 spiro atoms. The summed E-state index contributed by atoms with van der Waals surface area (Å²) in [5, 5.41) is 2.93. The van der Waals surface area contributed by atoms with Crippen LogP contribution in [0.4, 0.5) is 21.9 Å². The van der Waals surface area contributed by atoms with Crippen LogP contribution < -0.4 is 16.0 Å². The van der Waals surface area contributed by atoms with Crippen molar-refractivity contribution in [3.63, 3.8) is 0 Å². The minimum atomic E-state index is -0.638. The van der Waals surface area contributed by atoms with Crippen LogP contribution in [0.15, 0.2) is 86.2 Å². The van der Waals surface area contributed by atoms with Gasteiger partial charge in [-0.25, -0.2) is 4.79 Å². The minimum absolute atomic E-state index is 0.193. The van der Waals surface area contributed by atoms with Gasteiger partial charge in [-0.1, -0.05) is 47.8 Å². The Labute approximate surface area is 266 Å². The third-order valence-electron chi connectivity index (χ3n) is 4.65. The first-order valence-electron chi connectivity index (χ1n) is 12.1. The lowest BCUT2D eigenvalue weighted by Crippen LogP contribution is -2.40. The van der Waals surface area contributed by atoms with Crippen LogP contribution in [0.25, 0.3) is 0 Å². The molecule has 0 heterocycles. The van der Waals surface area contributed by atoms with Crippen LogP contribution in [0.5, 0.6) is 0 Å². The Hall–Kier alpha value is -3.09. The Morgan fingerprint density at radius 3 is 1.61 bits per heavy atom. The largest absolute Gasteiger partial charge is 0.468 e. The summed E-state index contributed by atoms with van der Waals surface area (Å²) in [5.41, 5.74) is 7.03. The first-order chi connectivity index (χ1) is 19.2. The molecule has 0 saturated carbocycles. The average molecular weight is 760 g/mol. The van der Waals surface area contributed by atoms with E-state index in [1.807, 2.05) is 48.5 Å². The number of halogens is 3. The molecule has 0 saturated heterocycles. The van der Waals surface area contributed by atoms with Crippen molar-refractivity contribution in [1.82, 2.24) is 0 Å². The molecule has 41 heavy (non-hydrogen) atoms. The molecule has 0 aromatic heterocycles. The SMILES string of the molecule is COC(=O)CN(C(=O)OC(C)(C)C)c1ccc(Br)cc1.COC(=O)CNc1ccc(Br)cc1.Nc1ccc(Br)cc1. The number of nitrogens with one attached hydrogen (secondary N) is 1. The second-order valence-electron chi connectivity index (χ2n) is 9.11. The number of benzene rings is 3. The predicted molar refractivity (Wildman–Crippen MR) is 173 cm³/mol. The second kappa shape index (κ2) is 18.4. The van der Waals surface area contributed by atoms with E-state index in [0.717, 1.165) is 24.8 Å². The van der Waals surface area contributed by atoms with Crippen LogP contribution in [0.1, 0.15) is 20.8 Å². The van der Waals surface area contributed by atoms with Gasteiger partial charge in [-0.2, -0.15) is 0 Å². The molecule has 1 amide bonds. The Bertz CT molecular complexity index is 1210. The number of hydrogen-bond donors (Lipinski definition) is 2. The molecule has 0 aliphatic rings.